The van der Waals surface area contributed by atoms with E-state index >= 15 is 0 Å². The van der Waals surface area contributed by atoms with E-state index in [-0.39, 0.29) is 17.8 Å². The molecule has 0 aliphatic carbocycles. The Bertz CT molecular complexity index is 559. The van der Waals surface area contributed by atoms with E-state index in [4.69, 9.17) is 5.26 Å². The molecule has 1 atom stereocenters. The fourth-order valence-electron chi connectivity index (χ4n) is 2.58. The summed E-state index contributed by atoms with van der Waals surface area (Å²) in [5.41, 5.74) is 0.926. The van der Waals surface area contributed by atoms with Gasteiger partial charge in [-0.2, -0.15) is 5.26 Å². The molecule has 0 radical (unpaired) electrons. The van der Waals surface area contributed by atoms with Crippen molar-refractivity contribution in [2.24, 2.45) is 0 Å². The molecule has 1 heterocycles. The third kappa shape index (κ3) is 3.40. The van der Waals surface area contributed by atoms with E-state index in [0.29, 0.717) is 37.3 Å². The number of aryl methyl sites for hydroxylation is 1. The largest absolute Gasteiger partial charge is 0.336 e. The number of hydrogen-bond acceptors (Lipinski definition) is 3. The number of nitrogens with zero attached hydrogens (tertiary/aromatic N) is 3. The van der Waals surface area contributed by atoms with Gasteiger partial charge in [0.1, 0.15) is 5.82 Å². The van der Waals surface area contributed by atoms with Crippen LogP contribution in [0.15, 0.2) is 18.2 Å². The highest BCUT2D eigenvalue weighted by Gasteiger charge is 2.25. The Morgan fingerprint density at radius 1 is 1.38 bits per heavy atom. The summed E-state index contributed by atoms with van der Waals surface area (Å²) in [5.74, 6) is -0.492. The first kappa shape index (κ1) is 15.5. The SMILES string of the molecule is CCC(C#N)N1CCN(C(=O)c2ccc(C)c(F)c2)CC1. The zero-order valence-corrected chi connectivity index (χ0v) is 12.5. The van der Waals surface area contributed by atoms with Gasteiger partial charge < -0.3 is 4.90 Å². The van der Waals surface area contributed by atoms with Crippen molar-refractivity contribution in [3.05, 3.63) is 35.1 Å². The molecule has 1 aliphatic heterocycles. The lowest BCUT2D eigenvalue weighted by Crippen LogP contribution is -2.51. The summed E-state index contributed by atoms with van der Waals surface area (Å²) in [6.07, 6.45) is 0.785. The van der Waals surface area contributed by atoms with Gasteiger partial charge in [-0.3, -0.25) is 9.69 Å². The Morgan fingerprint density at radius 3 is 2.57 bits per heavy atom. The van der Waals surface area contributed by atoms with E-state index in [2.05, 4.69) is 11.0 Å². The summed E-state index contributed by atoms with van der Waals surface area (Å²) in [6, 6.07) is 6.79. The van der Waals surface area contributed by atoms with Crippen molar-refractivity contribution in [3.8, 4) is 6.07 Å². The number of amides is 1. The molecule has 0 spiro atoms. The Hall–Kier alpha value is -1.93. The number of carbonyl (C=O) groups is 1. The van der Waals surface area contributed by atoms with E-state index in [1.165, 1.54) is 6.07 Å². The standard InChI is InChI=1S/C16H20FN3O/c1-3-14(11-18)19-6-8-20(9-7-19)16(21)13-5-4-12(2)15(17)10-13/h4-5,10,14H,3,6-9H2,1-2H3. The zero-order chi connectivity index (χ0) is 15.4. The number of piperazine rings is 1. The molecule has 112 valence electrons. The van der Waals surface area contributed by atoms with Crippen LogP contribution in [0.1, 0.15) is 29.3 Å². The molecule has 0 bridgehead atoms. The van der Waals surface area contributed by atoms with Gasteiger partial charge in [-0.05, 0) is 31.0 Å². The van der Waals surface area contributed by atoms with Crippen LogP contribution in [0.2, 0.25) is 0 Å². The first-order chi connectivity index (χ1) is 10.1. The molecule has 4 nitrogen and oxygen atoms in total. The predicted molar refractivity (Wildman–Crippen MR) is 78.3 cm³/mol. The lowest BCUT2D eigenvalue weighted by atomic mass is 10.1. The van der Waals surface area contributed by atoms with Gasteiger partial charge in [-0.25, -0.2) is 4.39 Å². The van der Waals surface area contributed by atoms with Gasteiger partial charge in [0, 0.05) is 31.7 Å². The Kier molecular flexibility index (Phi) is 4.92. The predicted octanol–water partition coefficient (Wildman–Crippen LogP) is 2.19. The maximum absolute atomic E-state index is 13.6. The van der Waals surface area contributed by atoms with Crippen molar-refractivity contribution in [2.45, 2.75) is 26.3 Å². The van der Waals surface area contributed by atoms with E-state index in [9.17, 15) is 9.18 Å². The third-order valence-corrected chi connectivity index (χ3v) is 4.00. The maximum Gasteiger partial charge on any atom is 0.254 e. The van der Waals surface area contributed by atoms with E-state index < -0.39 is 0 Å². The second-order valence-electron chi connectivity index (χ2n) is 5.35. The summed E-state index contributed by atoms with van der Waals surface area (Å²) in [6.45, 7) is 6.19. The molecule has 1 aromatic rings. The molecule has 1 fully saturated rings. The van der Waals surface area contributed by atoms with Crippen LogP contribution in [0, 0.1) is 24.1 Å². The van der Waals surface area contributed by atoms with Crippen LogP contribution in [0.4, 0.5) is 4.39 Å². The van der Waals surface area contributed by atoms with Crippen LogP contribution >= 0.6 is 0 Å². The van der Waals surface area contributed by atoms with E-state index in [0.717, 1.165) is 6.42 Å². The lowest BCUT2D eigenvalue weighted by molar-refractivity contribution is 0.0604. The molecule has 1 aromatic carbocycles. The van der Waals surface area contributed by atoms with E-state index in [1.54, 1.807) is 24.0 Å². The Labute approximate surface area is 124 Å². The molecule has 1 unspecified atom stereocenters. The van der Waals surface area contributed by atoms with Crippen LogP contribution in [-0.2, 0) is 0 Å². The number of halogens is 1. The van der Waals surface area contributed by atoms with Crippen LogP contribution in [0.25, 0.3) is 0 Å². The monoisotopic (exact) mass is 289 g/mol. The molecule has 1 aliphatic rings. The topological polar surface area (TPSA) is 47.3 Å². The number of benzene rings is 1. The third-order valence-electron chi connectivity index (χ3n) is 4.00. The Morgan fingerprint density at radius 2 is 2.05 bits per heavy atom. The average molecular weight is 289 g/mol. The summed E-state index contributed by atoms with van der Waals surface area (Å²) in [7, 11) is 0. The molecule has 0 saturated carbocycles. The second-order valence-corrected chi connectivity index (χ2v) is 5.35. The fourth-order valence-corrected chi connectivity index (χ4v) is 2.58. The molecule has 21 heavy (non-hydrogen) atoms. The minimum absolute atomic E-state index is 0.0842. The van der Waals surface area contributed by atoms with Crippen LogP contribution in [0.3, 0.4) is 0 Å². The van der Waals surface area contributed by atoms with Gasteiger partial charge in [0.25, 0.3) is 5.91 Å². The highest BCUT2D eigenvalue weighted by Crippen LogP contribution is 2.14. The van der Waals surface area contributed by atoms with Gasteiger partial charge in [-0.1, -0.05) is 13.0 Å². The molecule has 0 aromatic heterocycles. The quantitative estimate of drug-likeness (QED) is 0.857. The van der Waals surface area contributed by atoms with Gasteiger partial charge in [0.05, 0.1) is 12.1 Å². The van der Waals surface area contributed by atoms with Gasteiger partial charge in [-0.15, -0.1) is 0 Å². The van der Waals surface area contributed by atoms with Crippen molar-refractivity contribution < 1.29 is 9.18 Å². The van der Waals surface area contributed by atoms with Crippen molar-refractivity contribution in [1.82, 2.24) is 9.80 Å². The maximum atomic E-state index is 13.6. The normalized spacial score (nSPS) is 17.3. The number of nitriles is 1. The lowest BCUT2D eigenvalue weighted by Gasteiger charge is -2.36. The number of carbonyl (C=O) groups excluding carboxylic acids is 1. The second kappa shape index (κ2) is 6.68. The highest BCUT2D eigenvalue weighted by atomic mass is 19.1. The number of hydrogen-bond donors (Lipinski definition) is 0. The van der Waals surface area contributed by atoms with Crippen LogP contribution < -0.4 is 0 Å². The van der Waals surface area contributed by atoms with Crippen LogP contribution in [-0.4, -0.2) is 47.9 Å². The zero-order valence-electron chi connectivity index (χ0n) is 12.5. The average Bonchev–Trinajstić information content (AvgIpc) is 2.51. The van der Waals surface area contributed by atoms with Crippen molar-refractivity contribution >= 4 is 5.91 Å². The number of rotatable bonds is 3. The fraction of sp³-hybridized carbons (Fsp3) is 0.500. The van der Waals surface area contributed by atoms with Crippen LogP contribution in [0.5, 0.6) is 0 Å². The van der Waals surface area contributed by atoms with Gasteiger partial charge in [0.2, 0.25) is 0 Å². The molecule has 5 heteroatoms. The smallest absolute Gasteiger partial charge is 0.254 e. The van der Waals surface area contributed by atoms with E-state index in [1.807, 2.05) is 6.92 Å². The summed E-state index contributed by atoms with van der Waals surface area (Å²) >= 11 is 0. The van der Waals surface area contributed by atoms with Gasteiger partial charge in [0.15, 0.2) is 0 Å². The van der Waals surface area contributed by atoms with Crippen molar-refractivity contribution in [3.63, 3.8) is 0 Å². The molecule has 0 N–H and O–H groups in total. The molecular formula is C16H20FN3O. The highest BCUT2D eigenvalue weighted by molar-refractivity contribution is 5.94. The first-order valence-corrected chi connectivity index (χ1v) is 7.26. The summed E-state index contributed by atoms with van der Waals surface area (Å²) in [5, 5.41) is 9.07. The first-order valence-electron chi connectivity index (χ1n) is 7.26. The Balaban J connectivity index is 2.00. The summed E-state index contributed by atoms with van der Waals surface area (Å²) in [4.78, 5) is 16.2. The van der Waals surface area contributed by atoms with Crippen molar-refractivity contribution in [1.29, 1.82) is 5.26 Å². The molecular weight excluding hydrogens is 269 g/mol. The molecule has 1 amide bonds. The summed E-state index contributed by atoms with van der Waals surface area (Å²) < 4.78 is 13.6. The van der Waals surface area contributed by atoms with Crippen molar-refractivity contribution in [2.75, 3.05) is 26.2 Å². The molecule has 2 rings (SSSR count). The molecule has 1 saturated heterocycles. The minimum Gasteiger partial charge on any atom is -0.336 e. The van der Waals surface area contributed by atoms with Gasteiger partial charge >= 0.3 is 0 Å². The minimum atomic E-state index is -0.352.